The topological polar surface area (TPSA) is 64.5 Å². The van der Waals surface area contributed by atoms with Gasteiger partial charge in [0.05, 0.1) is 22.1 Å². The highest BCUT2D eigenvalue weighted by atomic mass is 16.3. The molecule has 0 aliphatic heterocycles. The number of nitrogens with one attached hydrogen (secondary N) is 2. The van der Waals surface area contributed by atoms with Crippen molar-refractivity contribution in [2.45, 2.75) is 80.1 Å². The van der Waals surface area contributed by atoms with Crippen LogP contribution >= 0.6 is 0 Å². The van der Waals surface area contributed by atoms with Gasteiger partial charge in [-0.25, -0.2) is 0 Å². The summed E-state index contributed by atoms with van der Waals surface area (Å²) in [5.74, 6) is 0.331. The number of rotatable bonds is 10. The van der Waals surface area contributed by atoms with Crippen molar-refractivity contribution in [1.29, 1.82) is 0 Å². The van der Waals surface area contributed by atoms with Crippen molar-refractivity contribution in [3.8, 4) is 11.5 Å². The fourth-order valence-electron chi connectivity index (χ4n) is 6.26. The first-order chi connectivity index (χ1) is 20.4. The summed E-state index contributed by atoms with van der Waals surface area (Å²) in [6.45, 7) is 13.1. The van der Waals surface area contributed by atoms with Crippen molar-refractivity contribution in [2.75, 3.05) is 10.6 Å². The Balaban J connectivity index is 1.78. The molecule has 4 heteroatoms. The van der Waals surface area contributed by atoms with E-state index in [4.69, 9.17) is 0 Å². The normalized spacial score (nSPS) is 11.4. The van der Waals surface area contributed by atoms with E-state index in [-0.39, 0.29) is 11.5 Å². The minimum atomic E-state index is 0.165. The Morgan fingerprint density at radius 3 is 1.10 bits per heavy atom. The standard InChI is InChI=1S/C38H44N2O2/c1-7-23-19-25(9-3)35(26(10-4)20-23)39-31-17-18-32(40-36-27(11-5)21-24(8-2)22-28(36)12-6)34-33(31)37(41)29-15-13-14-16-30(29)38(34)42/h13-22,39-42H,7-12H2,1-6H3. The zero-order valence-corrected chi connectivity index (χ0v) is 25.9. The van der Waals surface area contributed by atoms with Crippen LogP contribution in [0.2, 0.25) is 0 Å². The zero-order valence-electron chi connectivity index (χ0n) is 25.9. The maximum Gasteiger partial charge on any atom is 0.133 e. The first kappa shape index (κ1) is 29.3. The van der Waals surface area contributed by atoms with Gasteiger partial charge in [-0.05, 0) is 84.0 Å². The lowest BCUT2D eigenvalue weighted by molar-refractivity contribution is 0.479. The molecular weight excluding hydrogens is 516 g/mol. The first-order valence-electron chi connectivity index (χ1n) is 15.6. The van der Waals surface area contributed by atoms with E-state index in [1.165, 1.54) is 33.4 Å². The van der Waals surface area contributed by atoms with E-state index >= 15 is 0 Å². The number of hydrogen-bond acceptors (Lipinski definition) is 4. The van der Waals surface area contributed by atoms with E-state index < -0.39 is 0 Å². The van der Waals surface area contributed by atoms with Gasteiger partial charge in [-0.15, -0.1) is 0 Å². The summed E-state index contributed by atoms with van der Waals surface area (Å²) in [4.78, 5) is 0. The molecule has 0 atom stereocenters. The molecular formula is C38H44N2O2. The first-order valence-corrected chi connectivity index (χ1v) is 15.6. The van der Waals surface area contributed by atoms with Crippen molar-refractivity contribution >= 4 is 44.3 Å². The third-order valence-electron chi connectivity index (χ3n) is 8.70. The molecule has 5 aromatic carbocycles. The van der Waals surface area contributed by atoms with Crippen molar-refractivity contribution in [3.63, 3.8) is 0 Å². The number of hydrogen-bond donors (Lipinski definition) is 4. The predicted octanol–water partition coefficient (Wildman–Crippen LogP) is 10.3. The summed E-state index contributed by atoms with van der Waals surface area (Å²) in [6.07, 6.45) is 5.57. The van der Waals surface area contributed by atoms with Crippen LogP contribution in [0.4, 0.5) is 22.7 Å². The SMILES string of the molecule is CCc1cc(CC)c(Nc2ccc(Nc3c(CC)cc(CC)cc3CC)c3c(O)c4ccccc4c(O)c23)c(CC)c1. The molecule has 5 rings (SSSR count). The third kappa shape index (κ3) is 5.15. The molecule has 0 saturated heterocycles. The molecule has 0 saturated carbocycles. The van der Waals surface area contributed by atoms with Crippen molar-refractivity contribution in [2.24, 2.45) is 0 Å². The molecule has 4 N–H and O–H groups in total. The van der Waals surface area contributed by atoms with Gasteiger partial charge in [0, 0.05) is 22.1 Å². The Kier molecular flexibility index (Phi) is 8.63. The highest BCUT2D eigenvalue weighted by Gasteiger charge is 2.21. The van der Waals surface area contributed by atoms with Crippen LogP contribution in [-0.4, -0.2) is 10.2 Å². The molecule has 4 nitrogen and oxygen atoms in total. The Morgan fingerprint density at radius 1 is 0.476 bits per heavy atom. The molecule has 5 aromatic rings. The number of phenolic OH excluding ortho intramolecular Hbond substituents is 2. The molecule has 0 bridgehead atoms. The maximum absolute atomic E-state index is 11.8. The van der Waals surface area contributed by atoms with Gasteiger partial charge in [-0.2, -0.15) is 0 Å². The number of aryl methyl sites for hydroxylation is 6. The highest BCUT2D eigenvalue weighted by molar-refractivity contribution is 6.19. The Morgan fingerprint density at radius 2 is 0.810 bits per heavy atom. The van der Waals surface area contributed by atoms with Crippen LogP contribution in [0.1, 0.15) is 74.9 Å². The number of benzene rings is 5. The molecule has 0 aliphatic rings. The average Bonchev–Trinajstić information content (AvgIpc) is 3.03. The van der Waals surface area contributed by atoms with Crippen LogP contribution < -0.4 is 10.6 Å². The number of fused-ring (bicyclic) bond motifs is 2. The molecule has 0 aliphatic carbocycles. The molecule has 0 amide bonds. The summed E-state index contributed by atoms with van der Waals surface area (Å²) < 4.78 is 0. The van der Waals surface area contributed by atoms with E-state index in [0.717, 1.165) is 61.3 Å². The van der Waals surface area contributed by atoms with Gasteiger partial charge in [0.1, 0.15) is 11.5 Å². The zero-order chi connectivity index (χ0) is 30.0. The largest absolute Gasteiger partial charge is 0.507 e. The second-order valence-corrected chi connectivity index (χ2v) is 11.1. The van der Waals surface area contributed by atoms with Crippen molar-refractivity contribution < 1.29 is 10.2 Å². The molecule has 0 aromatic heterocycles. The van der Waals surface area contributed by atoms with Gasteiger partial charge in [-0.1, -0.05) is 90.1 Å². The second-order valence-electron chi connectivity index (χ2n) is 11.1. The Labute approximate surface area is 250 Å². The molecule has 42 heavy (non-hydrogen) atoms. The monoisotopic (exact) mass is 560 g/mol. The number of aromatic hydroxyl groups is 2. The summed E-state index contributed by atoms with van der Waals surface area (Å²) in [5.41, 5.74) is 11.4. The van der Waals surface area contributed by atoms with E-state index in [1.807, 2.05) is 36.4 Å². The summed E-state index contributed by atoms with van der Waals surface area (Å²) >= 11 is 0. The lowest BCUT2D eigenvalue weighted by atomic mass is 9.95. The Bertz CT molecular complexity index is 1590. The number of phenols is 2. The fourth-order valence-corrected chi connectivity index (χ4v) is 6.26. The van der Waals surface area contributed by atoms with Gasteiger partial charge >= 0.3 is 0 Å². The lowest BCUT2D eigenvalue weighted by Crippen LogP contribution is -2.05. The Hall–Kier alpha value is -4.18. The van der Waals surface area contributed by atoms with Crippen LogP contribution in [0.5, 0.6) is 11.5 Å². The minimum Gasteiger partial charge on any atom is -0.507 e. The quantitative estimate of drug-likeness (QED) is 0.101. The molecule has 218 valence electrons. The van der Waals surface area contributed by atoms with Crippen LogP contribution in [0.25, 0.3) is 21.5 Å². The minimum absolute atomic E-state index is 0.165. The van der Waals surface area contributed by atoms with E-state index in [1.54, 1.807) is 0 Å². The smallest absolute Gasteiger partial charge is 0.133 e. The third-order valence-corrected chi connectivity index (χ3v) is 8.70. The van der Waals surface area contributed by atoms with Crippen LogP contribution in [0.3, 0.4) is 0 Å². The predicted molar refractivity (Wildman–Crippen MR) is 181 cm³/mol. The molecule has 0 spiro atoms. The van der Waals surface area contributed by atoms with Crippen molar-refractivity contribution in [1.82, 2.24) is 0 Å². The van der Waals surface area contributed by atoms with E-state index in [0.29, 0.717) is 21.5 Å². The van der Waals surface area contributed by atoms with E-state index in [9.17, 15) is 10.2 Å². The number of anilines is 4. The van der Waals surface area contributed by atoms with Crippen molar-refractivity contribution in [3.05, 3.63) is 94.0 Å². The lowest BCUT2D eigenvalue weighted by Gasteiger charge is -2.23. The fraction of sp³-hybridized carbons (Fsp3) is 0.316. The van der Waals surface area contributed by atoms with E-state index in [2.05, 4.69) is 76.4 Å². The maximum atomic E-state index is 11.8. The summed E-state index contributed by atoms with van der Waals surface area (Å²) in [5, 5.41) is 33.6. The van der Waals surface area contributed by atoms with Gasteiger partial charge in [0.2, 0.25) is 0 Å². The molecule has 0 unspecified atom stereocenters. The summed E-state index contributed by atoms with van der Waals surface area (Å²) in [6, 6.07) is 20.7. The molecule has 0 radical (unpaired) electrons. The van der Waals surface area contributed by atoms with Crippen LogP contribution in [-0.2, 0) is 38.5 Å². The van der Waals surface area contributed by atoms with Gasteiger partial charge in [0.15, 0.2) is 0 Å². The average molecular weight is 561 g/mol. The van der Waals surface area contributed by atoms with Gasteiger partial charge in [-0.3, -0.25) is 0 Å². The van der Waals surface area contributed by atoms with Gasteiger partial charge < -0.3 is 20.8 Å². The van der Waals surface area contributed by atoms with Crippen LogP contribution in [0.15, 0.2) is 60.7 Å². The van der Waals surface area contributed by atoms with Crippen LogP contribution in [0, 0.1) is 0 Å². The highest BCUT2D eigenvalue weighted by Crippen LogP contribution is 2.49. The second kappa shape index (κ2) is 12.4. The molecule has 0 fully saturated rings. The summed E-state index contributed by atoms with van der Waals surface area (Å²) in [7, 11) is 0. The molecule has 0 heterocycles. The van der Waals surface area contributed by atoms with Gasteiger partial charge in [0.25, 0.3) is 0 Å².